The molecule has 2 aliphatic rings. The summed E-state index contributed by atoms with van der Waals surface area (Å²) in [5.41, 5.74) is 8.60. The fraction of sp³-hybridized carbons (Fsp3) is 0.667. The highest BCUT2D eigenvalue weighted by atomic mass is 14.6. The fourth-order valence-electron chi connectivity index (χ4n) is 5.53. The standard InChI is InChI=1S/C30H46/c1-7-10-11-12-13-14-15-16-23-21-24(29(4,5)6)17-18-26(23)27-19-20-30(9-3)22-28(30)25(27)8-2/h17-21,28H,7-16,22H2,1-6H3. The molecular weight excluding hydrogens is 360 g/mol. The number of aryl methyl sites for hydroxylation is 1. The van der Waals surface area contributed by atoms with Crippen molar-refractivity contribution in [3.05, 3.63) is 52.6 Å². The Bertz CT molecular complexity index is 770. The minimum absolute atomic E-state index is 0.214. The molecule has 0 aliphatic heterocycles. The highest BCUT2D eigenvalue weighted by Crippen LogP contribution is 2.64. The lowest BCUT2D eigenvalue weighted by Crippen LogP contribution is -2.13. The average Bonchev–Trinajstić information content (AvgIpc) is 3.47. The molecule has 0 nitrogen and oxygen atoms in total. The molecule has 0 spiro atoms. The largest absolute Gasteiger partial charge is 0.0771 e. The van der Waals surface area contributed by atoms with Gasteiger partial charge < -0.3 is 0 Å². The minimum atomic E-state index is 0.214. The molecule has 2 aliphatic carbocycles. The first-order valence-electron chi connectivity index (χ1n) is 12.9. The van der Waals surface area contributed by atoms with Crippen LogP contribution in [0.2, 0.25) is 0 Å². The van der Waals surface area contributed by atoms with Crippen LogP contribution in [0.1, 0.15) is 122 Å². The van der Waals surface area contributed by atoms with Gasteiger partial charge in [-0.3, -0.25) is 0 Å². The highest BCUT2D eigenvalue weighted by Gasteiger charge is 2.53. The van der Waals surface area contributed by atoms with E-state index in [1.54, 1.807) is 16.7 Å². The van der Waals surface area contributed by atoms with Crippen molar-refractivity contribution in [3.8, 4) is 0 Å². The molecule has 2 atom stereocenters. The molecule has 0 N–H and O–H groups in total. The van der Waals surface area contributed by atoms with Gasteiger partial charge in [-0.25, -0.2) is 0 Å². The predicted octanol–water partition coefficient (Wildman–Crippen LogP) is 9.43. The number of fused-ring (bicyclic) bond motifs is 1. The van der Waals surface area contributed by atoms with Gasteiger partial charge in [-0.2, -0.15) is 0 Å². The Morgan fingerprint density at radius 1 is 0.933 bits per heavy atom. The molecule has 3 rings (SSSR count). The summed E-state index contributed by atoms with van der Waals surface area (Å²) in [6, 6.07) is 7.38. The van der Waals surface area contributed by atoms with Crippen LogP contribution in [0.4, 0.5) is 0 Å². The van der Waals surface area contributed by atoms with Gasteiger partial charge >= 0.3 is 0 Å². The Morgan fingerprint density at radius 3 is 2.27 bits per heavy atom. The van der Waals surface area contributed by atoms with Gasteiger partial charge in [0, 0.05) is 0 Å². The number of benzene rings is 1. The lowest BCUT2D eigenvalue weighted by Gasteiger charge is -2.25. The molecule has 0 bridgehead atoms. The SMILES string of the molecule is CCCCCCCCCc1cc(C(C)(C)C)ccc1C1=C(CC)C2CC2(CC)C=C1. The number of rotatable bonds is 11. The van der Waals surface area contributed by atoms with Crippen LogP contribution >= 0.6 is 0 Å². The Kier molecular flexibility index (Phi) is 7.70. The van der Waals surface area contributed by atoms with E-state index in [0.29, 0.717) is 5.41 Å². The van der Waals surface area contributed by atoms with E-state index in [-0.39, 0.29) is 5.41 Å². The number of allylic oxidation sites excluding steroid dienone is 4. The van der Waals surface area contributed by atoms with Crippen molar-refractivity contribution in [1.29, 1.82) is 0 Å². The van der Waals surface area contributed by atoms with Crippen LogP contribution in [0.15, 0.2) is 35.9 Å². The Balaban J connectivity index is 1.81. The van der Waals surface area contributed by atoms with E-state index >= 15 is 0 Å². The van der Waals surface area contributed by atoms with Crippen molar-refractivity contribution < 1.29 is 0 Å². The highest BCUT2D eigenvalue weighted by molar-refractivity contribution is 5.81. The van der Waals surface area contributed by atoms with Crippen LogP contribution < -0.4 is 0 Å². The molecule has 1 saturated carbocycles. The molecular formula is C30H46. The van der Waals surface area contributed by atoms with E-state index in [2.05, 4.69) is 71.9 Å². The van der Waals surface area contributed by atoms with E-state index < -0.39 is 0 Å². The zero-order valence-electron chi connectivity index (χ0n) is 20.7. The first-order valence-corrected chi connectivity index (χ1v) is 12.9. The second kappa shape index (κ2) is 9.88. The monoisotopic (exact) mass is 406 g/mol. The van der Waals surface area contributed by atoms with Gasteiger partial charge in [0.2, 0.25) is 0 Å². The van der Waals surface area contributed by atoms with Crippen molar-refractivity contribution in [2.75, 3.05) is 0 Å². The molecule has 1 fully saturated rings. The predicted molar refractivity (Wildman–Crippen MR) is 134 cm³/mol. The zero-order valence-corrected chi connectivity index (χ0v) is 20.7. The third-order valence-corrected chi connectivity index (χ3v) is 7.82. The summed E-state index contributed by atoms with van der Waals surface area (Å²) in [6.45, 7) is 14.1. The van der Waals surface area contributed by atoms with Gasteiger partial charge in [0.1, 0.15) is 0 Å². The van der Waals surface area contributed by atoms with Gasteiger partial charge in [0.15, 0.2) is 0 Å². The first kappa shape index (κ1) is 23.4. The summed E-state index contributed by atoms with van der Waals surface area (Å²) in [7, 11) is 0. The Labute approximate surface area is 187 Å². The lowest BCUT2D eigenvalue weighted by molar-refractivity contribution is 0.568. The molecule has 1 aromatic carbocycles. The maximum absolute atomic E-state index is 2.56. The third-order valence-electron chi connectivity index (χ3n) is 7.82. The quantitative estimate of drug-likeness (QED) is 0.321. The van der Waals surface area contributed by atoms with Crippen molar-refractivity contribution in [2.45, 2.75) is 118 Å². The van der Waals surface area contributed by atoms with Gasteiger partial charge in [-0.15, -0.1) is 0 Å². The second-order valence-electron chi connectivity index (χ2n) is 11.0. The molecule has 0 saturated heterocycles. The summed E-state index contributed by atoms with van der Waals surface area (Å²) in [6.07, 6.45) is 19.8. The molecule has 0 amide bonds. The van der Waals surface area contributed by atoms with Crippen LogP contribution in [0.5, 0.6) is 0 Å². The molecule has 2 unspecified atom stereocenters. The molecule has 0 heterocycles. The van der Waals surface area contributed by atoms with E-state index in [1.165, 1.54) is 81.8 Å². The van der Waals surface area contributed by atoms with Crippen molar-refractivity contribution >= 4 is 5.57 Å². The maximum Gasteiger partial charge on any atom is -0.00455 e. The van der Waals surface area contributed by atoms with E-state index in [4.69, 9.17) is 0 Å². The molecule has 0 radical (unpaired) electrons. The first-order chi connectivity index (χ1) is 14.4. The normalized spacial score (nSPS) is 23.1. The van der Waals surface area contributed by atoms with Crippen LogP contribution in [0, 0.1) is 11.3 Å². The second-order valence-corrected chi connectivity index (χ2v) is 11.0. The van der Waals surface area contributed by atoms with Crippen LogP contribution in [0.25, 0.3) is 5.57 Å². The van der Waals surface area contributed by atoms with E-state index in [1.807, 2.05) is 0 Å². The van der Waals surface area contributed by atoms with Crippen molar-refractivity contribution in [3.63, 3.8) is 0 Å². The molecule has 30 heavy (non-hydrogen) atoms. The number of hydrogen-bond acceptors (Lipinski definition) is 0. The molecule has 1 aromatic rings. The van der Waals surface area contributed by atoms with Crippen molar-refractivity contribution in [2.24, 2.45) is 11.3 Å². The van der Waals surface area contributed by atoms with Gasteiger partial charge in [-0.1, -0.05) is 116 Å². The Morgan fingerprint density at radius 2 is 1.63 bits per heavy atom. The minimum Gasteiger partial charge on any atom is -0.0771 e. The number of unbranched alkanes of at least 4 members (excludes halogenated alkanes) is 6. The smallest absolute Gasteiger partial charge is 0.00455 e. The van der Waals surface area contributed by atoms with Crippen LogP contribution in [-0.4, -0.2) is 0 Å². The van der Waals surface area contributed by atoms with E-state index in [9.17, 15) is 0 Å². The van der Waals surface area contributed by atoms with Gasteiger partial charge in [0.25, 0.3) is 0 Å². The average molecular weight is 407 g/mol. The lowest BCUT2D eigenvalue weighted by atomic mass is 9.80. The summed E-state index contributed by atoms with van der Waals surface area (Å²) in [5, 5.41) is 0. The molecule has 0 aromatic heterocycles. The summed E-state index contributed by atoms with van der Waals surface area (Å²) in [5.74, 6) is 0.807. The third kappa shape index (κ3) is 5.12. The Hall–Kier alpha value is -1.30. The summed E-state index contributed by atoms with van der Waals surface area (Å²) < 4.78 is 0. The molecule has 166 valence electrons. The summed E-state index contributed by atoms with van der Waals surface area (Å²) in [4.78, 5) is 0. The number of hydrogen-bond donors (Lipinski definition) is 0. The van der Waals surface area contributed by atoms with E-state index in [0.717, 1.165) is 5.92 Å². The maximum atomic E-state index is 2.56. The fourth-order valence-corrected chi connectivity index (χ4v) is 5.53. The van der Waals surface area contributed by atoms with Crippen LogP contribution in [0.3, 0.4) is 0 Å². The molecule has 0 heteroatoms. The summed E-state index contributed by atoms with van der Waals surface area (Å²) >= 11 is 0. The van der Waals surface area contributed by atoms with Gasteiger partial charge in [-0.05, 0) is 71.1 Å². The topological polar surface area (TPSA) is 0 Å². The van der Waals surface area contributed by atoms with Crippen molar-refractivity contribution in [1.82, 2.24) is 0 Å². The zero-order chi connectivity index (χ0) is 21.8. The van der Waals surface area contributed by atoms with Gasteiger partial charge in [0.05, 0.1) is 0 Å². The van der Waals surface area contributed by atoms with Crippen LogP contribution in [-0.2, 0) is 11.8 Å².